The Morgan fingerprint density at radius 3 is 2.59 bits per heavy atom. The Kier molecular flexibility index (Phi) is 6.12. The molecule has 0 bridgehead atoms. The summed E-state index contributed by atoms with van der Waals surface area (Å²) >= 11 is 19.5. The van der Waals surface area contributed by atoms with Crippen molar-refractivity contribution in [3.05, 3.63) is 49.6 Å². The van der Waals surface area contributed by atoms with Crippen LogP contribution in [0.2, 0.25) is 15.1 Å². The molecule has 0 aliphatic carbocycles. The van der Waals surface area contributed by atoms with E-state index in [1.165, 1.54) is 10.9 Å². The topological polar surface area (TPSA) is 32.3 Å². The quantitative estimate of drug-likeness (QED) is 0.713. The van der Waals surface area contributed by atoms with Crippen LogP contribution >= 0.6 is 46.1 Å². The number of carbonyl (C=O) groups excluding carboxylic acids is 1. The van der Waals surface area contributed by atoms with Gasteiger partial charge in [0.15, 0.2) is 0 Å². The van der Waals surface area contributed by atoms with Crippen LogP contribution in [0.1, 0.15) is 17.8 Å². The van der Waals surface area contributed by atoms with E-state index < -0.39 is 0 Å². The van der Waals surface area contributed by atoms with Gasteiger partial charge in [-0.05, 0) is 37.6 Å². The first-order valence-electron chi connectivity index (χ1n) is 6.56. The molecule has 0 saturated heterocycles. The molecule has 1 unspecified atom stereocenters. The highest BCUT2D eigenvalue weighted by Gasteiger charge is 2.16. The smallest absolute Gasteiger partial charge is 0.238 e. The van der Waals surface area contributed by atoms with Crippen molar-refractivity contribution in [3.8, 4) is 0 Å². The van der Waals surface area contributed by atoms with E-state index >= 15 is 0 Å². The highest BCUT2D eigenvalue weighted by atomic mass is 35.5. The van der Waals surface area contributed by atoms with Gasteiger partial charge in [-0.25, -0.2) is 0 Å². The highest BCUT2D eigenvalue weighted by Crippen LogP contribution is 2.32. The highest BCUT2D eigenvalue weighted by molar-refractivity contribution is 7.10. The van der Waals surface area contributed by atoms with Gasteiger partial charge in [-0.15, -0.1) is 11.3 Å². The summed E-state index contributed by atoms with van der Waals surface area (Å²) in [6, 6.07) is 7.28. The summed E-state index contributed by atoms with van der Waals surface area (Å²) in [7, 11) is 1.90. The summed E-state index contributed by atoms with van der Waals surface area (Å²) in [6.07, 6.45) is 0. The number of carbonyl (C=O) groups is 1. The Bertz CT molecular complexity index is 661. The number of anilines is 1. The molecule has 1 heterocycles. The predicted octanol–water partition coefficient (Wildman–Crippen LogP) is 5.34. The van der Waals surface area contributed by atoms with Gasteiger partial charge in [-0.1, -0.05) is 40.9 Å². The lowest BCUT2D eigenvalue weighted by atomic mass is 10.2. The summed E-state index contributed by atoms with van der Waals surface area (Å²) in [5.74, 6) is -0.161. The molecule has 1 atom stereocenters. The van der Waals surface area contributed by atoms with Gasteiger partial charge in [-0.2, -0.15) is 0 Å². The van der Waals surface area contributed by atoms with E-state index in [1.807, 2.05) is 23.4 Å². The molecule has 0 aliphatic heterocycles. The van der Waals surface area contributed by atoms with Gasteiger partial charge in [0.1, 0.15) is 0 Å². The van der Waals surface area contributed by atoms with Crippen LogP contribution in [0.4, 0.5) is 5.69 Å². The molecule has 118 valence electrons. The summed E-state index contributed by atoms with van der Waals surface area (Å²) in [5, 5.41) is 5.84. The van der Waals surface area contributed by atoms with Crippen molar-refractivity contribution in [3.63, 3.8) is 0 Å². The van der Waals surface area contributed by atoms with Gasteiger partial charge in [0.05, 0.1) is 27.3 Å². The number of hydrogen-bond donors (Lipinski definition) is 1. The first kappa shape index (κ1) is 17.6. The van der Waals surface area contributed by atoms with Crippen LogP contribution in [0.3, 0.4) is 0 Å². The largest absolute Gasteiger partial charge is 0.324 e. The number of thiophene rings is 1. The van der Waals surface area contributed by atoms with Crippen LogP contribution in [0, 0.1) is 0 Å². The number of amides is 1. The zero-order valence-electron chi connectivity index (χ0n) is 12.1. The summed E-state index contributed by atoms with van der Waals surface area (Å²) in [6.45, 7) is 2.31. The van der Waals surface area contributed by atoms with Crippen LogP contribution in [0.25, 0.3) is 0 Å². The van der Waals surface area contributed by atoms with Crippen molar-refractivity contribution in [2.45, 2.75) is 13.0 Å². The fourth-order valence-electron chi connectivity index (χ4n) is 1.92. The number of nitrogens with zero attached hydrogens (tertiary/aromatic N) is 1. The van der Waals surface area contributed by atoms with Crippen LogP contribution in [-0.2, 0) is 4.79 Å². The van der Waals surface area contributed by atoms with E-state index in [0.717, 1.165) is 0 Å². The number of nitrogens with one attached hydrogen (secondary N) is 1. The molecule has 1 N–H and O–H groups in total. The van der Waals surface area contributed by atoms with Gasteiger partial charge in [0, 0.05) is 10.9 Å². The fourth-order valence-corrected chi connectivity index (χ4v) is 3.36. The lowest BCUT2D eigenvalue weighted by Crippen LogP contribution is -2.32. The molecule has 0 aliphatic rings. The Hall–Kier alpha value is -0.780. The molecule has 1 aromatic heterocycles. The Morgan fingerprint density at radius 2 is 1.95 bits per heavy atom. The Balaban J connectivity index is 2.00. The average Bonchev–Trinajstić information content (AvgIpc) is 2.97. The number of rotatable bonds is 5. The average molecular weight is 378 g/mol. The number of halogens is 3. The van der Waals surface area contributed by atoms with Crippen LogP contribution in [0.5, 0.6) is 0 Å². The molecule has 22 heavy (non-hydrogen) atoms. The first-order chi connectivity index (χ1) is 10.4. The van der Waals surface area contributed by atoms with E-state index in [4.69, 9.17) is 34.8 Å². The van der Waals surface area contributed by atoms with Gasteiger partial charge in [-0.3, -0.25) is 9.69 Å². The molecule has 3 nitrogen and oxygen atoms in total. The molecule has 7 heteroatoms. The summed E-state index contributed by atoms with van der Waals surface area (Å²) in [4.78, 5) is 15.3. The van der Waals surface area contributed by atoms with Crippen molar-refractivity contribution in [2.75, 3.05) is 18.9 Å². The molecular weight excluding hydrogens is 363 g/mol. The minimum absolute atomic E-state index is 0.161. The standard InChI is InChI=1S/C15H15Cl3N2OS/c1-9(14-4-3-5-22-14)20(2)8-15(21)19-13-7-11(17)10(16)6-12(13)18/h3-7,9H,8H2,1-2H3,(H,19,21). The predicted molar refractivity (Wildman–Crippen MR) is 95.5 cm³/mol. The van der Waals surface area contributed by atoms with Crippen LogP contribution in [0.15, 0.2) is 29.6 Å². The SMILES string of the molecule is CC(c1cccs1)N(C)CC(=O)Nc1cc(Cl)c(Cl)cc1Cl. The van der Waals surface area contributed by atoms with E-state index in [1.54, 1.807) is 17.4 Å². The second-order valence-corrected chi connectivity index (χ2v) is 7.10. The molecular formula is C15H15Cl3N2OS. The third-order valence-electron chi connectivity index (χ3n) is 3.29. The molecule has 1 amide bonds. The van der Waals surface area contributed by atoms with Gasteiger partial charge < -0.3 is 5.32 Å². The third kappa shape index (κ3) is 4.37. The van der Waals surface area contributed by atoms with Crippen LogP contribution < -0.4 is 5.32 Å². The monoisotopic (exact) mass is 376 g/mol. The van der Waals surface area contributed by atoms with E-state index in [9.17, 15) is 4.79 Å². The molecule has 2 aromatic rings. The Labute approximate surface area is 148 Å². The molecule has 0 radical (unpaired) electrons. The molecule has 0 fully saturated rings. The van der Waals surface area contributed by atoms with Crippen LogP contribution in [-0.4, -0.2) is 24.4 Å². The maximum Gasteiger partial charge on any atom is 0.238 e. The molecule has 1 aromatic carbocycles. The van der Waals surface area contributed by atoms with Crippen molar-refractivity contribution < 1.29 is 4.79 Å². The van der Waals surface area contributed by atoms with Crippen molar-refractivity contribution in [1.29, 1.82) is 0 Å². The van der Waals surface area contributed by atoms with Crippen molar-refractivity contribution in [1.82, 2.24) is 4.90 Å². The van der Waals surface area contributed by atoms with Crippen molar-refractivity contribution >= 4 is 57.7 Å². The lowest BCUT2D eigenvalue weighted by molar-refractivity contribution is -0.117. The Morgan fingerprint density at radius 1 is 1.27 bits per heavy atom. The molecule has 2 rings (SSSR count). The fraction of sp³-hybridized carbons (Fsp3) is 0.267. The molecule has 0 spiro atoms. The van der Waals surface area contributed by atoms with Crippen molar-refractivity contribution in [2.24, 2.45) is 0 Å². The zero-order valence-corrected chi connectivity index (χ0v) is 15.2. The lowest BCUT2D eigenvalue weighted by Gasteiger charge is -2.23. The summed E-state index contributed by atoms with van der Waals surface area (Å²) in [5.41, 5.74) is 0.457. The second kappa shape index (κ2) is 7.66. The zero-order chi connectivity index (χ0) is 16.3. The number of benzene rings is 1. The second-order valence-electron chi connectivity index (χ2n) is 4.90. The minimum Gasteiger partial charge on any atom is -0.324 e. The number of likely N-dealkylation sites (N-methyl/N-ethyl adjacent to an activating group) is 1. The first-order valence-corrected chi connectivity index (χ1v) is 8.58. The normalized spacial score (nSPS) is 12.5. The van der Waals surface area contributed by atoms with E-state index in [-0.39, 0.29) is 18.5 Å². The van der Waals surface area contributed by atoms with E-state index in [2.05, 4.69) is 18.3 Å². The third-order valence-corrected chi connectivity index (χ3v) is 5.37. The maximum absolute atomic E-state index is 12.2. The number of hydrogen-bond acceptors (Lipinski definition) is 3. The van der Waals surface area contributed by atoms with Gasteiger partial charge >= 0.3 is 0 Å². The molecule has 0 saturated carbocycles. The van der Waals surface area contributed by atoms with Gasteiger partial charge in [0.25, 0.3) is 0 Å². The maximum atomic E-state index is 12.2. The summed E-state index contributed by atoms with van der Waals surface area (Å²) < 4.78 is 0. The van der Waals surface area contributed by atoms with E-state index in [0.29, 0.717) is 20.8 Å². The minimum atomic E-state index is -0.161. The van der Waals surface area contributed by atoms with Gasteiger partial charge in [0.2, 0.25) is 5.91 Å².